The number of rotatable bonds is 5. The van der Waals surface area contributed by atoms with Crippen LogP contribution in [0.15, 0.2) is 24.3 Å². The zero-order valence-electron chi connectivity index (χ0n) is 9.91. The predicted molar refractivity (Wildman–Crippen MR) is 59.5 cm³/mol. The number of aliphatic hydroxyl groups excluding tert-OH is 1. The van der Waals surface area contributed by atoms with Gasteiger partial charge in [0.2, 0.25) is 0 Å². The van der Waals surface area contributed by atoms with E-state index in [0.29, 0.717) is 0 Å². The minimum atomic E-state index is -4.22. The summed E-state index contributed by atoms with van der Waals surface area (Å²) in [7, 11) is 1.45. The Morgan fingerprint density at radius 2 is 1.89 bits per heavy atom. The SMILES string of the molecule is CN(CCC(F)(F)F)CC(O)c1ccccc1F. The Kier molecular flexibility index (Phi) is 5.10. The normalized spacial score (nSPS) is 13.9. The zero-order chi connectivity index (χ0) is 13.8. The van der Waals surface area contributed by atoms with E-state index in [1.54, 1.807) is 6.07 Å². The van der Waals surface area contributed by atoms with Crippen molar-refractivity contribution >= 4 is 0 Å². The zero-order valence-corrected chi connectivity index (χ0v) is 9.91. The second-order valence-corrected chi connectivity index (χ2v) is 4.16. The number of benzene rings is 1. The van der Waals surface area contributed by atoms with Gasteiger partial charge in [0.25, 0.3) is 0 Å². The van der Waals surface area contributed by atoms with Crippen LogP contribution in [0.3, 0.4) is 0 Å². The fourth-order valence-electron chi connectivity index (χ4n) is 1.55. The largest absolute Gasteiger partial charge is 0.390 e. The first-order valence-corrected chi connectivity index (χ1v) is 5.47. The smallest absolute Gasteiger partial charge is 0.387 e. The maximum absolute atomic E-state index is 13.3. The second kappa shape index (κ2) is 6.15. The number of likely N-dealkylation sites (N-methyl/N-ethyl adjacent to an activating group) is 1. The van der Waals surface area contributed by atoms with E-state index in [0.717, 1.165) is 0 Å². The maximum atomic E-state index is 13.3. The third kappa shape index (κ3) is 5.01. The van der Waals surface area contributed by atoms with Gasteiger partial charge in [-0.15, -0.1) is 0 Å². The summed E-state index contributed by atoms with van der Waals surface area (Å²) in [6.45, 7) is -0.272. The molecule has 0 spiro atoms. The molecule has 18 heavy (non-hydrogen) atoms. The summed E-state index contributed by atoms with van der Waals surface area (Å²) >= 11 is 0. The molecule has 1 N–H and O–H groups in total. The minimum absolute atomic E-state index is 0.0446. The molecule has 1 aromatic carbocycles. The molecular weight excluding hydrogens is 250 g/mol. The van der Waals surface area contributed by atoms with Crippen molar-refractivity contribution in [2.24, 2.45) is 0 Å². The lowest BCUT2D eigenvalue weighted by Crippen LogP contribution is -2.29. The van der Waals surface area contributed by atoms with Gasteiger partial charge in [-0.05, 0) is 13.1 Å². The lowest BCUT2D eigenvalue weighted by molar-refractivity contribution is -0.137. The average molecular weight is 265 g/mol. The molecule has 102 valence electrons. The third-order valence-electron chi connectivity index (χ3n) is 2.53. The highest BCUT2D eigenvalue weighted by atomic mass is 19.4. The fourth-order valence-corrected chi connectivity index (χ4v) is 1.55. The Morgan fingerprint density at radius 1 is 1.28 bits per heavy atom. The Balaban J connectivity index is 2.50. The molecule has 0 aliphatic carbocycles. The summed E-state index contributed by atoms with van der Waals surface area (Å²) in [6, 6.07) is 5.67. The average Bonchev–Trinajstić information content (AvgIpc) is 2.26. The number of alkyl halides is 3. The molecule has 0 saturated carbocycles. The maximum Gasteiger partial charge on any atom is 0.390 e. The van der Waals surface area contributed by atoms with Crippen molar-refractivity contribution in [3.05, 3.63) is 35.6 Å². The Hall–Kier alpha value is -1.14. The molecule has 0 radical (unpaired) electrons. The van der Waals surface area contributed by atoms with Crippen LogP contribution in [0.1, 0.15) is 18.1 Å². The van der Waals surface area contributed by atoms with Gasteiger partial charge in [0, 0.05) is 18.7 Å². The summed E-state index contributed by atoms with van der Waals surface area (Å²) in [5.41, 5.74) is 0.0939. The van der Waals surface area contributed by atoms with Crippen LogP contribution >= 0.6 is 0 Å². The van der Waals surface area contributed by atoms with Crippen LogP contribution in [0.4, 0.5) is 17.6 Å². The van der Waals surface area contributed by atoms with Gasteiger partial charge in [-0.2, -0.15) is 13.2 Å². The van der Waals surface area contributed by atoms with Gasteiger partial charge in [0.1, 0.15) is 5.82 Å². The Morgan fingerprint density at radius 3 is 2.44 bits per heavy atom. The quantitative estimate of drug-likeness (QED) is 0.827. The first-order valence-electron chi connectivity index (χ1n) is 5.47. The molecule has 0 aromatic heterocycles. The van der Waals surface area contributed by atoms with Crippen molar-refractivity contribution in [1.29, 1.82) is 0 Å². The van der Waals surface area contributed by atoms with Gasteiger partial charge in [0.05, 0.1) is 12.5 Å². The van der Waals surface area contributed by atoms with E-state index in [9.17, 15) is 22.7 Å². The van der Waals surface area contributed by atoms with Crippen LogP contribution in [0.2, 0.25) is 0 Å². The van der Waals surface area contributed by atoms with Crippen LogP contribution in [-0.4, -0.2) is 36.3 Å². The molecule has 0 amide bonds. The minimum Gasteiger partial charge on any atom is -0.387 e. The van der Waals surface area contributed by atoms with Crippen molar-refractivity contribution in [3.63, 3.8) is 0 Å². The predicted octanol–water partition coefficient (Wildman–Crippen LogP) is 2.74. The Bertz CT molecular complexity index is 381. The van der Waals surface area contributed by atoms with Gasteiger partial charge in [-0.25, -0.2) is 4.39 Å². The lowest BCUT2D eigenvalue weighted by atomic mass is 10.1. The number of aliphatic hydroxyl groups is 1. The second-order valence-electron chi connectivity index (χ2n) is 4.16. The highest BCUT2D eigenvalue weighted by molar-refractivity contribution is 5.19. The topological polar surface area (TPSA) is 23.5 Å². The first kappa shape index (κ1) is 14.9. The van der Waals surface area contributed by atoms with Gasteiger partial charge >= 0.3 is 6.18 Å². The monoisotopic (exact) mass is 265 g/mol. The molecule has 1 unspecified atom stereocenters. The number of hydrogen-bond donors (Lipinski definition) is 1. The molecule has 6 heteroatoms. The summed E-state index contributed by atoms with van der Waals surface area (Å²) in [5.74, 6) is -0.561. The van der Waals surface area contributed by atoms with E-state index in [2.05, 4.69) is 0 Å². The number of hydrogen-bond acceptors (Lipinski definition) is 2. The molecule has 0 fully saturated rings. The van der Waals surface area contributed by atoms with Crippen LogP contribution in [0.5, 0.6) is 0 Å². The van der Waals surface area contributed by atoms with E-state index in [4.69, 9.17) is 0 Å². The highest BCUT2D eigenvalue weighted by Crippen LogP contribution is 2.21. The summed E-state index contributed by atoms with van der Waals surface area (Å²) < 4.78 is 49.3. The molecule has 0 saturated heterocycles. The molecule has 1 atom stereocenters. The van der Waals surface area contributed by atoms with Crippen molar-refractivity contribution < 1.29 is 22.7 Å². The summed E-state index contributed by atoms with van der Waals surface area (Å²) in [4.78, 5) is 1.32. The van der Waals surface area contributed by atoms with Gasteiger partial charge in [0.15, 0.2) is 0 Å². The number of halogens is 4. The van der Waals surface area contributed by atoms with E-state index < -0.39 is 24.5 Å². The molecule has 1 aromatic rings. The van der Waals surface area contributed by atoms with Crippen LogP contribution in [0, 0.1) is 5.82 Å². The van der Waals surface area contributed by atoms with Gasteiger partial charge < -0.3 is 10.0 Å². The fraction of sp³-hybridized carbons (Fsp3) is 0.500. The number of nitrogens with zero attached hydrogens (tertiary/aromatic N) is 1. The molecule has 0 heterocycles. The van der Waals surface area contributed by atoms with E-state index in [1.807, 2.05) is 0 Å². The first-order chi connectivity index (χ1) is 8.29. The van der Waals surface area contributed by atoms with E-state index in [1.165, 1.54) is 30.1 Å². The van der Waals surface area contributed by atoms with Crippen LogP contribution < -0.4 is 0 Å². The molecule has 1 rings (SSSR count). The van der Waals surface area contributed by atoms with E-state index in [-0.39, 0.29) is 18.7 Å². The summed E-state index contributed by atoms with van der Waals surface area (Å²) in [6.07, 6.45) is -6.31. The molecule has 0 aliphatic rings. The van der Waals surface area contributed by atoms with Crippen LogP contribution in [0.25, 0.3) is 0 Å². The molecular formula is C12H15F4NO. The standard InChI is InChI=1S/C12H15F4NO/c1-17(7-6-12(14,15)16)8-11(18)9-4-2-3-5-10(9)13/h2-5,11,18H,6-8H2,1H3. The molecule has 0 aliphatic heterocycles. The van der Waals surface area contributed by atoms with E-state index >= 15 is 0 Å². The summed E-state index contributed by atoms with van der Waals surface area (Å²) in [5, 5.41) is 9.74. The Labute approximate surface area is 103 Å². The molecule has 0 bridgehead atoms. The van der Waals surface area contributed by atoms with Crippen molar-refractivity contribution in [2.75, 3.05) is 20.1 Å². The van der Waals surface area contributed by atoms with Crippen molar-refractivity contribution in [2.45, 2.75) is 18.7 Å². The highest BCUT2D eigenvalue weighted by Gasteiger charge is 2.27. The van der Waals surface area contributed by atoms with Crippen molar-refractivity contribution in [1.82, 2.24) is 4.90 Å². The molecule has 2 nitrogen and oxygen atoms in total. The van der Waals surface area contributed by atoms with Gasteiger partial charge in [-0.1, -0.05) is 18.2 Å². The van der Waals surface area contributed by atoms with Crippen LogP contribution in [-0.2, 0) is 0 Å². The van der Waals surface area contributed by atoms with Gasteiger partial charge in [-0.3, -0.25) is 0 Å². The van der Waals surface area contributed by atoms with Crippen molar-refractivity contribution in [3.8, 4) is 0 Å². The lowest BCUT2D eigenvalue weighted by Gasteiger charge is -2.21. The third-order valence-corrected chi connectivity index (χ3v) is 2.53.